The van der Waals surface area contributed by atoms with Gasteiger partial charge < -0.3 is 9.47 Å². The molecule has 2 aliphatic rings. The molecule has 0 amide bonds. The molecule has 0 saturated heterocycles. The minimum absolute atomic E-state index is 0.278. The van der Waals surface area contributed by atoms with Crippen molar-refractivity contribution in [2.24, 2.45) is 0 Å². The van der Waals surface area contributed by atoms with Gasteiger partial charge in [-0.1, -0.05) is 6.07 Å². The number of methoxy groups -OCH3 is 1. The summed E-state index contributed by atoms with van der Waals surface area (Å²) >= 11 is 0. The molecule has 2 fully saturated rings. The Balaban J connectivity index is 1.79. The number of Topliss-reactive ketones (excluding diaryl/α,β-unsaturated/α-hetero) is 1. The lowest BCUT2D eigenvalue weighted by molar-refractivity contribution is -0.114. The van der Waals surface area contributed by atoms with Crippen LogP contribution in [0.15, 0.2) is 23.8 Å². The average Bonchev–Trinajstić information content (AvgIpc) is 3.13. The SMILES string of the molecule is COc1cc(/C=C2\CCCC2=O)ccc1OC1CCCC1. The van der Waals surface area contributed by atoms with E-state index in [1.54, 1.807) is 7.11 Å². The van der Waals surface area contributed by atoms with E-state index in [-0.39, 0.29) is 5.78 Å². The van der Waals surface area contributed by atoms with Gasteiger partial charge >= 0.3 is 0 Å². The number of ketones is 1. The maximum atomic E-state index is 11.7. The van der Waals surface area contributed by atoms with Gasteiger partial charge in [-0.05, 0) is 67.9 Å². The van der Waals surface area contributed by atoms with Crippen molar-refractivity contribution < 1.29 is 14.3 Å². The molecule has 1 aromatic rings. The van der Waals surface area contributed by atoms with Crippen molar-refractivity contribution in [3.8, 4) is 11.5 Å². The zero-order valence-corrected chi connectivity index (χ0v) is 12.6. The van der Waals surface area contributed by atoms with Crippen LogP contribution in [0.25, 0.3) is 6.08 Å². The quantitative estimate of drug-likeness (QED) is 0.780. The van der Waals surface area contributed by atoms with Crippen LogP contribution in [-0.2, 0) is 4.79 Å². The molecule has 3 nitrogen and oxygen atoms in total. The molecular weight excluding hydrogens is 264 g/mol. The predicted molar refractivity (Wildman–Crippen MR) is 82.7 cm³/mol. The molecule has 0 aromatic heterocycles. The number of allylic oxidation sites excluding steroid dienone is 1. The predicted octanol–water partition coefficient (Wildman–Crippen LogP) is 4.15. The fourth-order valence-corrected chi connectivity index (χ4v) is 3.15. The second-order valence-corrected chi connectivity index (χ2v) is 5.88. The summed E-state index contributed by atoms with van der Waals surface area (Å²) in [5.41, 5.74) is 1.94. The molecular formula is C18H22O3. The molecule has 0 atom stereocenters. The Morgan fingerprint density at radius 1 is 1.10 bits per heavy atom. The smallest absolute Gasteiger partial charge is 0.161 e. The van der Waals surface area contributed by atoms with Crippen molar-refractivity contribution >= 4 is 11.9 Å². The molecule has 0 spiro atoms. The van der Waals surface area contributed by atoms with Crippen molar-refractivity contribution in [2.45, 2.75) is 51.0 Å². The van der Waals surface area contributed by atoms with E-state index < -0.39 is 0 Å². The van der Waals surface area contributed by atoms with Crippen molar-refractivity contribution in [3.63, 3.8) is 0 Å². The second-order valence-electron chi connectivity index (χ2n) is 5.88. The van der Waals surface area contributed by atoms with Crippen LogP contribution in [0.2, 0.25) is 0 Å². The molecule has 0 N–H and O–H groups in total. The number of ether oxygens (including phenoxy) is 2. The Kier molecular flexibility index (Phi) is 4.28. The van der Waals surface area contributed by atoms with Crippen molar-refractivity contribution in [1.82, 2.24) is 0 Å². The highest BCUT2D eigenvalue weighted by atomic mass is 16.5. The summed E-state index contributed by atoms with van der Waals surface area (Å²) in [6.45, 7) is 0. The summed E-state index contributed by atoms with van der Waals surface area (Å²) < 4.78 is 11.5. The number of carbonyl (C=O) groups excluding carboxylic acids is 1. The van der Waals surface area contributed by atoms with E-state index in [1.165, 1.54) is 12.8 Å². The Bertz CT molecular complexity index is 554. The molecule has 0 bridgehead atoms. The lowest BCUT2D eigenvalue weighted by Crippen LogP contribution is -2.11. The standard InChI is InChI=1S/C18H22O3/c1-20-18-12-13(11-14-5-4-8-16(14)19)9-10-17(18)21-15-6-2-3-7-15/h9-12,15H,2-8H2,1H3/b14-11+. The Morgan fingerprint density at radius 2 is 1.90 bits per heavy atom. The Morgan fingerprint density at radius 3 is 2.57 bits per heavy atom. The maximum absolute atomic E-state index is 11.7. The third-order valence-electron chi connectivity index (χ3n) is 4.33. The first-order valence-electron chi connectivity index (χ1n) is 7.85. The van der Waals surface area contributed by atoms with Crippen LogP contribution in [0.1, 0.15) is 50.5 Å². The number of rotatable bonds is 4. The summed E-state index contributed by atoms with van der Waals surface area (Å²) in [5, 5.41) is 0. The van der Waals surface area contributed by atoms with Gasteiger partial charge in [0.25, 0.3) is 0 Å². The van der Waals surface area contributed by atoms with E-state index in [9.17, 15) is 4.79 Å². The highest BCUT2D eigenvalue weighted by molar-refractivity contribution is 6.01. The lowest BCUT2D eigenvalue weighted by atomic mass is 10.1. The summed E-state index contributed by atoms with van der Waals surface area (Å²) in [6.07, 6.45) is 9.61. The molecule has 2 saturated carbocycles. The minimum atomic E-state index is 0.278. The summed E-state index contributed by atoms with van der Waals surface area (Å²) in [7, 11) is 1.66. The molecule has 21 heavy (non-hydrogen) atoms. The lowest BCUT2D eigenvalue weighted by Gasteiger charge is -2.16. The second kappa shape index (κ2) is 6.33. The topological polar surface area (TPSA) is 35.5 Å². The number of hydrogen-bond donors (Lipinski definition) is 0. The Labute approximate surface area is 125 Å². The van der Waals surface area contributed by atoms with Crippen LogP contribution in [-0.4, -0.2) is 19.0 Å². The molecule has 0 heterocycles. The van der Waals surface area contributed by atoms with Gasteiger partial charge in [0.15, 0.2) is 17.3 Å². The molecule has 0 unspecified atom stereocenters. The average molecular weight is 286 g/mol. The molecule has 3 heteroatoms. The normalized spacial score (nSPS) is 21.2. The van der Waals surface area contributed by atoms with Gasteiger partial charge in [0.1, 0.15) is 0 Å². The molecule has 1 aromatic carbocycles. The van der Waals surface area contributed by atoms with E-state index in [4.69, 9.17) is 9.47 Å². The molecule has 112 valence electrons. The number of hydrogen-bond acceptors (Lipinski definition) is 3. The van der Waals surface area contributed by atoms with Crippen LogP contribution in [0, 0.1) is 0 Å². The highest BCUT2D eigenvalue weighted by Crippen LogP contribution is 2.33. The molecule has 0 aliphatic heterocycles. The van der Waals surface area contributed by atoms with Gasteiger partial charge in [0.05, 0.1) is 13.2 Å². The van der Waals surface area contributed by atoms with Crippen LogP contribution >= 0.6 is 0 Å². The molecule has 0 radical (unpaired) electrons. The Hall–Kier alpha value is -1.77. The number of benzene rings is 1. The van der Waals surface area contributed by atoms with Crippen LogP contribution in [0.3, 0.4) is 0 Å². The van der Waals surface area contributed by atoms with Gasteiger partial charge in [0.2, 0.25) is 0 Å². The highest BCUT2D eigenvalue weighted by Gasteiger charge is 2.19. The van der Waals surface area contributed by atoms with Gasteiger partial charge in [-0.3, -0.25) is 4.79 Å². The zero-order chi connectivity index (χ0) is 14.7. The van der Waals surface area contributed by atoms with Crippen molar-refractivity contribution in [1.29, 1.82) is 0 Å². The van der Waals surface area contributed by atoms with Crippen LogP contribution in [0.5, 0.6) is 11.5 Å². The summed E-state index contributed by atoms with van der Waals surface area (Å²) in [4.78, 5) is 11.7. The fourth-order valence-electron chi connectivity index (χ4n) is 3.15. The minimum Gasteiger partial charge on any atom is -0.493 e. The van der Waals surface area contributed by atoms with Crippen molar-refractivity contribution in [3.05, 3.63) is 29.3 Å². The van der Waals surface area contributed by atoms with Gasteiger partial charge in [-0.2, -0.15) is 0 Å². The van der Waals surface area contributed by atoms with Crippen molar-refractivity contribution in [2.75, 3.05) is 7.11 Å². The molecule has 3 rings (SSSR count). The van der Waals surface area contributed by atoms with Gasteiger partial charge in [-0.15, -0.1) is 0 Å². The third kappa shape index (κ3) is 3.29. The fraction of sp³-hybridized carbons (Fsp3) is 0.500. The summed E-state index contributed by atoms with van der Waals surface area (Å²) in [5.74, 6) is 1.84. The van der Waals surface area contributed by atoms with E-state index >= 15 is 0 Å². The number of carbonyl (C=O) groups is 1. The first-order valence-corrected chi connectivity index (χ1v) is 7.85. The molecule has 2 aliphatic carbocycles. The van der Waals surface area contributed by atoms with Gasteiger partial charge in [0, 0.05) is 6.42 Å². The van der Waals surface area contributed by atoms with E-state index in [0.717, 1.165) is 48.3 Å². The zero-order valence-electron chi connectivity index (χ0n) is 12.6. The first kappa shape index (κ1) is 14.2. The van der Waals surface area contributed by atoms with Crippen LogP contribution < -0.4 is 9.47 Å². The third-order valence-corrected chi connectivity index (χ3v) is 4.33. The van der Waals surface area contributed by atoms with E-state index in [2.05, 4.69) is 0 Å². The van der Waals surface area contributed by atoms with E-state index in [1.807, 2.05) is 24.3 Å². The largest absolute Gasteiger partial charge is 0.493 e. The maximum Gasteiger partial charge on any atom is 0.161 e. The van der Waals surface area contributed by atoms with Crippen LogP contribution in [0.4, 0.5) is 0 Å². The monoisotopic (exact) mass is 286 g/mol. The van der Waals surface area contributed by atoms with E-state index in [0.29, 0.717) is 12.5 Å². The summed E-state index contributed by atoms with van der Waals surface area (Å²) in [6, 6.07) is 5.93. The van der Waals surface area contributed by atoms with Gasteiger partial charge in [-0.25, -0.2) is 0 Å². The first-order chi connectivity index (χ1) is 10.3.